The van der Waals surface area contributed by atoms with Crippen molar-refractivity contribution in [2.45, 2.75) is 20.8 Å². The molecular formula is C26H23N2S+. The first-order chi connectivity index (χ1) is 14.0. The summed E-state index contributed by atoms with van der Waals surface area (Å²) in [5.74, 6) is 0. The number of thiophene rings is 1. The van der Waals surface area contributed by atoms with E-state index in [1.54, 1.807) is 11.3 Å². The van der Waals surface area contributed by atoms with Crippen molar-refractivity contribution in [3.63, 3.8) is 0 Å². The van der Waals surface area contributed by atoms with Gasteiger partial charge in [-0.25, -0.2) is 9.55 Å². The molecule has 0 aliphatic rings. The largest absolute Gasteiger partial charge is 0.242 e. The number of nitrogens with zero attached hydrogens (tertiary/aromatic N) is 2. The number of fused-ring (bicyclic) bond motifs is 3. The Kier molecular flexibility index (Phi) is 4.21. The predicted molar refractivity (Wildman–Crippen MR) is 123 cm³/mol. The Morgan fingerprint density at radius 3 is 2.38 bits per heavy atom. The predicted octanol–water partition coefficient (Wildman–Crippen LogP) is 6.53. The van der Waals surface area contributed by atoms with Crippen LogP contribution in [0.3, 0.4) is 0 Å². The zero-order valence-corrected chi connectivity index (χ0v) is 18.0. The van der Waals surface area contributed by atoms with Gasteiger partial charge in [0.1, 0.15) is 11.9 Å². The lowest BCUT2D eigenvalue weighted by Gasteiger charge is -2.10. The van der Waals surface area contributed by atoms with E-state index < -0.39 is 0 Å². The summed E-state index contributed by atoms with van der Waals surface area (Å²) in [6.07, 6.45) is 2.24. The number of pyridine rings is 2. The molecule has 142 valence electrons. The zero-order chi connectivity index (χ0) is 20.1. The normalized spacial score (nSPS) is 11.4. The average molecular weight is 396 g/mol. The number of aromatic nitrogens is 2. The molecule has 0 N–H and O–H groups in total. The summed E-state index contributed by atoms with van der Waals surface area (Å²) in [6.45, 7) is 6.43. The quantitative estimate of drug-likeness (QED) is 0.310. The van der Waals surface area contributed by atoms with E-state index in [0.29, 0.717) is 0 Å². The maximum absolute atomic E-state index is 4.78. The van der Waals surface area contributed by atoms with Crippen LogP contribution in [0.25, 0.3) is 42.7 Å². The second kappa shape index (κ2) is 6.78. The number of hydrogen-bond donors (Lipinski definition) is 0. The van der Waals surface area contributed by atoms with Crippen LogP contribution in [0.15, 0.2) is 66.9 Å². The van der Waals surface area contributed by atoms with Crippen molar-refractivity contribution >= 4 is 31.6 Å². The Labute approximate surface area is 175 Å². The molecule has 3 aromatic heterocycles. The van der Waals surface area contributed by atoms with Crippen molar-refractivity contribution in [1.82, 2.24) is 4.98 Å². The summed E-state index contributed by atoms with van der Waals surface area (Å²) in [7, 11) is 2.13. The molecule has 3 heterocycles. The molecule has 5 rings (SSSR count). The van der Waals surface area contributed by atoms with Crippen molar-refractivity contribution in [2.75, 3.05) is 0 Å². The Hall–Kier alpha value is -3.04. The van der Waals surface area contributed by atoms with Crippen LogP contribution in [-0.2, 0) is 7.05 Å². The summed E-state index contributed by atoms with van der Waals surface area (Å²) in [5.41, 5.74) is 8.71. The van der Waals surface area contributed by atoms with E-state index in [-0.39, 0.29) is 0 Å². The van der Waals surface area contributed by atoms with Crippen LogP contribution < -0.4 is 4.57 Å². The van der Waals surface area contributed by atoms with Gasteiger partial charge in [-0.05, 0) is 50.1 Å². The van der Waals surface area contributed by atoms with Gasteiger partial charge in [0.2, 0.25) is 5.69 Å². The number of benzene rings is 2. The standard InChI is InChI=1S/C26H23N2S/c1-16-8-5-6-9-19(16)24-14-23(17(2)15-28(24)4)21-11-7-10-20-22-13-12-18(3)27-26(22)29-25(20)21/h5-15H,1-4H3/q+1. The topological polar surface area (TPSA) is 16.8 Å². The zero-order valence-electron chi connectivity index (χ0n) is 17.2. The van der Waals surface area contributed by atoms with E-state index in [9.17, 15) is 0 Å². The maximum atomic E-state index is 4.78. The van der Waals surface area contributed by atoms with E-state index in [1.165, 1.54) is 49.0 Å². The molecule has 5 aromatic rings. The molecule has 29 heavy (non-hydrogen) atoms. The Balaban J connectivity index is 1.80. The van der Waals surface area contributed by atoms with Crippen LogP contribution >= 0.6 is 11.3 Å². The van der Waals surface area contributed by atoms with Gasteiger partial charge in [-0.1, -0.05) is 36.4 Å². The van der Waals surface area contributed by atoms with E-state index in [2.05, 4.69) is 99.2 Å². The highest BCUT2D eigenvalue weighted by molar-refractivity contribution is 7.26. The molecule has 3 heteroatoms. The average Bonchev–Trinajstić information content (AvgIpc) is 3.07. The molecule has 0 amide bonds. The number of aryl methyl sites for hydroxylation is 4. The van der Waals surface area contributed by atoms with Crippen LogP contribution in [0, 0.1) is 20.8 Å². The molecule has 2 nitrogen and oxygen atoms in total. The molecule has 0 atom stereocenters. The van der Waals surface area contributed by atoms with Gasteiger partial charge in [0, 0.05) is 43.9 Å². The van der Waals surface area contributed by atoms with Crippen molar-refractivity contribution in [3.05, 3.63) is 83.7 Å². The van der Waals surface area contributed by atoms with Gasteiger partial charge < -0.3 is 0 Å². The highest BCUT2D eigenvalue weighted by Gasteiger charge is 2.19. The SMILES string of the molecule is Cc1ccc2c(n1)sc1c(-c3cc(-c4ccccc4C)[n+](C)cc3C)cccc12. The molecule has 0 bridgehead atoms. The highest BCUT2D eigenvalue weighted by Crippen LogP contribution is 2.40. The van der Waals surface area contributed by atoms with Crippen molar-refractivity contribution in [1.29, 1.82) is 0 Å². The van der Waals surface area contributed by atoms with Gasteiger partial charge in [0.15, 0.2) is 6.20 Å². The third-order valence-corrected chi connectivity index (χ3v) is 6.84. The summed E-state index contributed by atoms with van der Waals surface area (Å²) in [6, 6.07) is 21.9. The van der Waals surface area contributed by atoms with Crippen molar-refractivity contribution in [2.24, 2.45) is 7.05 Å². The first-order valence-corrected chi connectivity index (χ1v) is 10.7. The fourth-order valence-electron chi connectivity index (χ4n) is 4.18. The lowest BCUT2D eigenvalue weighted by Crippen LogP contribution is -2.31. The fraction of sp³-hybridized carbons (Fsp3) is 0.154. The van der Waals surface area contributed by atoms with Crippen LogP contribution in [0.5, 0.6) is 0 Å². The summed E-state index contributed by atoms with van der Waals surface area (Å²) in [4.78, 5) is 5.89. The molecule has 0 aliphatic carbocycles. The number of rotatable bonds is 2. The smallest absolute Gasteiger partial charge is 0.213 e. The van der Waals surface area contributed by atoms with Crippen molar-refractivity contribution < 1.29 is 4.57 Å². The second-order valence-corrected chi connectivity index (χ2v) is 8.77. The van der Waals surface area contributed by atoms with E-state index in [0.717, 1.165) is 10.5 Å². The highest BCUT2D eigenvalue weighted by atomic mass is 32.1. The molecule has 2 aromatic carbocycles. The van der Waals surface area contributed by atoms with Gasteiger partial charge in [-0.2, -0.15) is 0 Å². The second-order valence-electron chi connectivity index (χ2n) is 7.77. The third-order valence-electron chi connectivity index (χ3n) is 5.69. The first-order valence-electron chi connectivity index (χ1n) is 9.88. The first kappa shape index (κ1) is 18.0. The maximum Gasteiger partial charge on any atom is 0.213 e. The molecular weight excluding hydrogens is 372 g/mol. The van der Waals surface area contributed by atoms with E-state index >= 15 is 0 Å². The summed E-state index contributed by atoms with van der Waals surface area (Å²) in [5, 5.41) is 2.54. The van der Waals surface area contributed by atoms with Crippen LogP contribution in [-0.4, -0.2) is 4.98 Å². The van der Waals surface area contributed by atoms with Gasteiger partial charge >= 0.3 is 0 Å². The number of hydrogen-bond acceptors (Lipinski definition) is 2. The minimum atomic E-state index is 1.07. The fourth-order valence-corrected chi connectivity index (χ4v) is 5.43. The van der Waals surface area contributed by atoms with Crippen molar-refractivity contribution in [3.8, 4) is 22.4 Å². The van der Waals surface area contributed by atoms with E-state index in [1.807, 2.05) is 0 Å². The monoisotopic (exact) mass is 395 g/mol. The van der Waals surface area contributed by atoms with Gasteiger partial charge in [-0.3, -0.25) is 0 Å². The third kappa shape index (κ3) is 2.93. The van der Waals surface area contributed by atoms with Gasteiger partial charge in [0.05, 0.1) is 0 Å². The molecule has 0 unspecified atom stereocenters. The Morgan fingerprint density at radius 2 is 1.55 bits per heavy atom. The summed E-state index contributed by atoms with van der Waals surface area (Å²) < 4.78 is 3.55. The minimum absolute atomic E-state index is 1.07. The van der Waals surface area contributed by atoms with Crippen LogP contribution in [0.4, 0.5) is 0 Å². The Morgan fingerprint density at radius 1 is 0.759 bits per heavy atom. The molecule has 0 aliphatic heterocycles. The molecule has 0 saturated carbocycles. The Bertz CT molecular complexity index is 1400. The van der Waals surface area contributed by atoms with Crippen LogP contribution in [0.1, 0.15) is 16.8 Å². The summed E-state index contributed by atoms with van der Waals surface area (Å²) >= 11 is 1.80. The molecule has 0 fully saturated rings. The molecule has 0 spiro atoms. The lowest BCUT2D eigenvalue weighted by molar-refractivity contribution is -0.660. The van der Waals surface area contributed by atoms with Crippen LogP contribution in [0.2, 0.25) is 0 Å². The van der Waals surface area contributed by atoms with Gasteiger partial charge in [-0.15, -0.1) is 11.3 Å². The van der Waals surface area contributed by atoms with E-state index in [4.69, 9.17) is 4.98 Å². The van der Waals surface area contributed by atoms with Gasteiger partial charge in [0.25, 0.3) is 0 Å². The lowest BCUT2D eigenvalue weighted by atomic mass is 9.96. The molecule has 0 radical (unpaired) electrons. The minimum Gasteiger partial charge on any atom is -0.242 e. The molecule has 0 saturated heterocycles.